The van der Waals surface area contributed by atoms with Crippen LogP contribution in [0.1, 0.15) is 19.3 Å². The Morgan fingerprint density at radius 1 is 1.29 bits per heavy atom. The molecule has 0 aliphatic heterocycles. The predicted octanol–water partition coefficient (Wildman–Crippen LogP) is 0.227. The van der Waals surface area contributed by atoms with Gasteiger partial charge in [0.2, 0.25) is 5.54 Å². The minimum atomic E-state index is -1.15. The van der Waals surface area contributed by atoms with Gasteiger partial charge in [-0.3, -0.25) is 0 Å². The topological polar surface area (TPSA) is 77.8 Å². The van der Waals surface area contributed by atoms with E-state index in [-0.39, 0.29) is 30.5 Å². The van der Waals surface area contributed by atoms with Gasteiger partial charge in [0.05, 0.1) is 20.6 Å². The van der Waals surface area contributed by atoms with Crippen LogP contribution in [0.2, 0.25) is 0 Å². The molecule has 0 unspecified atom stereocenters. The van der Waals surface area contributed by atoms with Crippen LogP contribution in [0.5, 0.6) is 0 Å². The van der Waals surface area contributed by atoms with Crippen LogP contribution >= 0.6 is 0 Å². The minimum Gasteiger partial charge on any atom is -0.477 e. The van der Waals surface area contributed by atoms with Gasteiger partial charge in [-0.15, -0.1) is 6.58 Å². The van der Waals surface area contributed by atoms with Crippen LogP contribution in [0.25, 0.3) is 0 Å². The summed E-state index contributed by atoms with van der Waals surface area (Å²) in [5.41, 5.74) is -1.15. The highest BCUT2D eigenvalue weighted by molar-refractivity contribution is 5.77. The number of carboxylic acid groups (broad SMARTS) is 1. The van der Waals surface area contributed by atoms with Crippen LogP contribution in [0.4, 0.5) is 0 Å². The first-order valence-electron chi connectivity index (χ1n) is 5.77. The fourth-order valence-electron chi connectivity index (χ4n) is 2.20. The Morgan fingerprint density at radius 2 is 1.76 bits per heavy atom. The number of carbonyl (C=O) groups is 1. The summed E-state index contributed by atoms with van der Waals surface area (Å²) in [6, 6.07) is 0. The van der Waals surface area contributed by atoms with E-state index < -0.39 is 11.5 Å². The second-order valence-corrected chi connectivity index (χ2v) is 4.77. The standard InChI is InChI=1S/C12H23NO4/c1-4-5-8-13(2,3)12(6-9-14,7-10-15)11(16)17/h4,14-15H,1,5-10H2,2-3H3/p+1. The summed E-state index contributed by atoms with van der Waals surface area (Å²) < 4.78 is 0.218. The van der Waals surface area contributed by atoms with E-state index in [1.165, 1.54) is 0 Å². The van der Waals surface area contributed by atoms with Crippen molar-refractivity contribution in [2.24, 2.45) is 0 Å². The van der Waals surface area contributed by atoms with Gasteiger partial charge in [-0.25, -0.2) is 4.79 Å². The summed E-state index contributed by atoms with van der Waals surface area (Å²) in [6.07, 6.45) is 2.70. The fourth-order valence-corrected chi connectivity index (χ4v) is 2.20. The van der Waals surface area contributed by atoms with Crippen LogP contribution in [-0.4, -0.2) is 65.2 Å². The van der Waals surface area contributed by atoms with E-state index in [4.69, 9.17) is 10.2 Å². The highest BCUT2D eigenvalue weighted by Gasteiger charge is 2.51. The molecule has 0 aromatic rings. The maximum Gasteiger partial charge on any atom is 0.365 e. The van der Waals surface area contributed by atoms with Gasteiger partial charge in [-0.2, -0.15) is 0 Å². The second kappa shape index (κ2) is 6.74. The first kappa shape index (κ1) is 16.1. The van der Waals surface area contributed by atoms with Crippen molar-refractivity contribution >= 4 is 5.97 Å². The smallest absolute Gasteiger partial charge is 0.365 e. The Bertz CT molecular complexity index is 257. The number of carboxylic acids is 1. The van der Waals surface area contributed by atoms with Gasteiger partial charge < -0.3 is 19.8 Å². The van der Waals surface area contributed by atoms with Crippen molar-refractivity contribution in [3.63, 3.8) is 0 Å². The second-order valence-electron chi connectivity index (χ2n) is 4.77. The molecule has 5 nitrogen and oxygen atoms in total. The zero-order valence-electron chi connectivity index (χ0n) is 10.7. The van der Waals surface area contributed by atoms with E-state index in [0.29, 0.717) is 13.0 Å². The lowest BCUT2D eigenvalue weighted by Crippen LogP contribution is -2.65. The molecule has 0 rings (SSSR count). The molecule has 100 valence electrons. The molecule has 0 aromatic carbocycles. The number of aliphatic carboxylic acids is 1. The normalized spacial score (nSPS) is 12.5. The third kappa shape index (κ3) is 3.52. The average Bonchev–Trinajstić information content (AvgIpc) is 2.25. The van der Waals surface area contributed by atoms with E-state index in [1.807, 2.05) is 14.1 Å². The summed E-state index contributed by atoms with van der Waals surface area (Å²) in [7, 11) is 3.62. The lowest BCUT2D eigenvalue weighted by atomic mass is 9.87. The molecular weight excluding hydrogens is 222 g/mol. The maximum absolute atomic E-state index is 11.5. The SMILES string of the molecule is C=CCC[N+](C)(C)C(CCO)(CCO)C(=O)O. The number of likely N-dealkylation sites (N-methyl/N-ethyl adjacent to an activating group) is 1. The Balaban J connectivity index is 5.22. The molecule has 0 aromatic heterocycles. The zero-order valence-corrected chi connectivity index (χ0v) is 10.7. The quantitative estimate of drug-likeness (QED) is 0.402. The third-order valence-electron chi connectivity index (χ3n) is 3.50. The van der Waals surface area contributed by atoms with Crippen molar-refractivity contribution in [2.45, 2.75) is 24.8 Å². The lowest BCUT2D eigenvalue weighted by Gasteiger charge is -2.45. The molecule has 0 amide bonds. The van der Waals surface area contributed by atoms with Gasteiger partial charge in [0.1, 0.15) is 0 Å². The molecule has 0 aliphatic rings. The van der Waals surface area contributed by atoms with E-state index >= 15 is 0 Å². The van der Waals surface area contributed by atoms with Gasteiger partial charge in [0.15, 0.2) is 0 Å². The third-order valence-corrected chi connectivity index (χ3v) is 3.50. The van der Waals surface area contributed by atoms with Crippen LogP contribution in [0.3, 0.4) is 0 Å². The molecule has 0 bridgehead atoms. The summed E-state index contributed by atoms with van der Waals surface area (Å²) >= 11 is 0. The average molecular weight is 246 g/mol. The summed E-state index contributed by atoms with van der Waals surface area (Å²) in [5.74, 6) is -0.977. The molecule has 17 heavy (non-hydrogen) atoms. The Kier molecular flexibility index (Phi) is 6.37. The van der Waals surface area contributed by atoms with Crippen LogP contribution < -0.4 is 0 Å². The van der Waals surface area contributed by atoms with Crippen molar-refractivity contribution in [1.82, 2.24) is 0 Å². The van der Waals surface area contributed by atoms with Crippen LogP contribution in [-0.2, 0) is 4.79 Å². The van der Waals surface area contributed by atoms with E-state index in [0.717, 1.165) is 0 Å². The molecule has 0 saturated carbocycles. The van der Waals surface area contributed by atoms with Crippen molar-refractivity contribution in [2.75, 3.05) is 33.9 Å². The Hall–Kier alpha value is -0.910. The monoisotopic (exact) mass is 246 g/mol. The van der Waals surface area contributed by atoms with Gasteiger partial charge >= 0.3 is 5.97 Å². The Morgan fingerprint density at radius 3 is 2.06 bits per heavy atom. The number of aliphatic hydroxyl groups excluding tert-OH is 2. The number of hydrogen-bond acceptors (Lipinski definition) is 3. The number of hydrogen-bond donors (Lipinski definition) is 3. The predicted molar refractivity (Wildman–Crippen MR) is 65.6 cm³/mol. The Labute approximate surface area is 103 Å². The van der Waals surface area contributed by atoms with Crippen molar-refractivity contribution in [3.8, 4) is 0 Å². The van der Waals surface area contributed by atoms with E-state index in [1.54, 1.807) is 6.08 Å². The highest BCUT2D eigenvalue weighted by Crippen LogP contribution is 2.29. The summed E-state index contributed by atoms with van der Waals surface area (Å²) in [4.78, 5) is 11.5. The molecule has 5 heteroatoms. The van der Waals surface area contributed by atoms with Crippen molar-refractivity contribution in [1.29, 1.82) is 0 Å². The molecular formula is C12H24NO4+. The van der Waals surface area contributed by atoms with Gasteiger partial charge in [-0.05, 0) is 0 Å². The van der Waals surface area contributed by atoms with Gasteiger partial charge in [-0.1, -0.05) is 6.08 Å². The molecule has 0 aliphatic carbocycles. The van der Waals surface area contributed by atoms with Crippen molar-refractivity contribution < 1.29 is 24.6 Å². The largest absolute Gasteiger partial charge is 0.477 e. The molecule has 0 fully saturated rings. The molecule has 0 heterocycles. The number of nitrogens with zero attached hydrogens (tertiary/aromatic N) is 1. The summed E-state index contributed by atoms with van der Waals surface area (Å²) in [6.45, 7) is 3.82. The molecule has 0 radical (unpaired) electrons. The van der Waals surface area contributed by atoms with Gasteiger partial charge in [0.25, 0.3) is 0 Å². The first-order chi connectivity index (χ1) is 7.88. The van der Waals surface area contributed by atoms with Crippen LogP contribution in [0, 0.1) is 0 Å². The lowest BCUT2D eigenvalue weighted by molar-refractivity contribution is -0.933. The molecule has 0 atom stereocenters. The number of aliphatic hydroxyl groups is 2. The highest BCUT2D eigenvalue weighted by atomic mass is 16.4. The number of quaternary nitrogens is 1. The van der Waals surface area contributed by atoms with Crippen LogP contribution in [0.15, 0.2) is 12.7 Å². The van der Waals surface area contributed by atoms with Crippen molar-refractivity contribution in [3.05, 3.63) is 12.7 Å². The first-order valence-corrected chi connectivity index (χ1v) is 5.77. The molecule has 0 saturated heterocycles. The minimum absolute atomic E-state index is 0.132. The molecule has 0 spiro atoms. The fraction of sp³-hybridized carbons (Fsp3) is 0.750. The zero-order chi connectivity index (χ0) is 13.5. The van der Waals surface area contributed by atoms with E-state index in [9.17, 15) is 9.90 Å². The molecule has 3 N–H and O–H groups in total. The van der Waals surface area contributed by atoms with Gasteiger partial charge in [0, 0.05) is 32.5 Å². The van der Waals surface area contributed by atoms with E-state index in [2.05, 4.69) is 6.58 Å². The summed E-state index contributed by atoms with van der Waals surface area (Å²) in [5, 5.41) is 27.6. The maximum atomic E-state index is 11.5. The number of rotatable bonds is 9.